The maximum atomic E-state index is 13.2. The molecule has 0 fully saturated rings. The number of alkyl halides is 3. The first-order chi connectivity index (χ1) is 12.8. The zero-order chi connectivity index (χ0) is 19.6. The number of nitrogens with zero attached hydrogens (tertiary/aromatic N) is 2. The maximum absolute atomic E-state index is 13.2. The van der Waals surface area contributed by atoms with Crippen LogP contribution in [-0.2, 0) is 17.5 Å². The number of methoxy groups -OCH3 is 1. The summed E-state index contributed by atoms with van der Waals surface area (Å²) in [6.07, 6.45) is -4.42. The van der Waals surface area contributed by atoms with Crippen molar-refractivity contribution in [1.82, 2.24) is 9.55 Å². The summed E-state index contributed by atoms with van der Waals surface area (Å²) in [7, 11) is 1.66. The summed E-state index contributed by atoms with van der Waals surface area (Å²) in [5.41, 5.74) is 3.14. The van der Waals surface area contributed by atoms with E-state index in [-0.39, 0.29) is 5.69 Å². The van der Waals surface area contributed by atoms with E-state index in [4.69, 9.17) is 4.74 Å². The molecule has 0 aliphatic heterocycles. The van der Waals surface area contributed by atoms with Crippen molar-refractivity contribution >= 4 is 22.2 Å². The van der Waals surface area contributed by atoms with E-state index in [1.165, 1.54) is 23.5 Å². The third-order valence-electron chi connectivity index (χ3n) is 4.35. The lowest BCUT2D eigenvalue weighted by Gasteiger charge is -2.12. The van der Waals surface area contributed by atoms with Gasteiger partial charge in [-0.3, -0.25) is 0 Å². The lowest BCUT2D eigenvalue weighted by molar-refractivity contribution is -0.136. The van der Waals surface area contributed by atoms with Gasteiger partial charge in [-0.2, -0.15) is 13.2 Å². The Labute approximate surface area is 159 Å². The van der Waals surface area contributed by atoms with Crippen LogP contribution >= 0.6 is 11.3 Å². The van der Waals surface area contributed by atoms with E-state index >= 15 is 0 Å². The highest BCUT2D eigenvalue weighted by Crippen LogP contribution is 2.37. The summed E-state index contributed by atoms with van der Waals surface area (Å²) in [4.78, 5) is 4.49. The predicted octanol–water partition coefficient (Wildman–Crippen LogP) is 5.64. The summed E-state index contributed by atoms with van der Waals surface area (Å²) in [6.45, 7) is 5.36. The zero-order valence-electron chi connectivity index (χ0n) is 15.2. The molecule has 0 saturated heterocycles. The number of nitrogens with one attached hydrogen (secondary N) is 1. The van der Waals surface area contributed by atoms with E-state index in [1.54, 1.807) is 13.2 Å². The Kier molecular flexibility index (Phi) is 5.57. The van der Waals surface area contributed by atoms with Crippen LogP contribution in [0, 0.1) is 13.8 Å². The first kappa shape index (κ1) is 19.4. The van der Waals surface area contributed by atoms with Crippen LogP contribution < -0.4 is 5.32 Å². The molecule has 3 aromatic rings. The summed E-state index contributed by atoms with van der Waals surface area (Å²) in [6, 6.07) is 7.43. The van der Waals surface area contributed by atoms with Gasteiger partial charge < -0.3 is 14.6 Å². The quantitative estimate of drug-likeness (QED) is 0.587. The van der Waals surface area contributed by atoms with Gasteiger partial charge in [0.15, 0.2) is 5.13 Å². The molecule has 3 rings (SSSR count). The van der Waals surface area contributed by atoms with Crippen LogP contribution in [0.3, 0.4) is 0 Å². The van der Waals surface area contributed by atoms with Crippen molar-refractivity contribution in [3.05, 3.63) is 52.7 Å². The molecule has 1 aromatic carbocycles. The lowest BCUT2D eigenvalue weighted by Crippen LogP contribution is -2.08. The first-order valence-electron chi connectivity index (χ1n) is 8.36. The monoisotopic (exact) mass is 395 g/mol. The molecule has 0 bridgehead atoms. The molecule has 0 atom stereocenters. The zero-order valence-corrected chi connectivity index (χ0v) is 16.0. The van der Waals surface area contributed by atoms with Gasteiger partial charge in [-0.1, -0.05) is 12.1 Å². The Morgan fingerprint density at radius 2 is 1.96 bits per heavy atom. The van der Waals surface area contributed by atoms with Gasteiger partial charge in [-0.15, -0.1) is 11.3 Å². The number of hydrogen-bond acceptors (Lipinski definition) is 4. The Morgan fingerprint density at radius 3 is 2.67 bits per heavy atom. The number of ether oxygens (including phenoxy) is 1. The second kappa shape index (κ2) is 7.74. The van der Waals surface area contributed by atoms with Crippen molar-refractivity contribution in [2.75, 3.05) is 19.0 Å². The van der Waals surface area contributed by atoms with E-state index in [9.17, 15) is 13.2 Å². The Hall–Kier alpha value is -2.32. The van der Waals surface area contributed by atoms with Gasteiger partial charge in [0.25, 0.3) is 0 Å². The topological polar surface area (TPSA) is 39.1 Å². The van der Waals surface area contributed by atoms with Crippen LogP contribution in [0.4, 0.5) is 24.0 Å². The molecule has 0 saturated carbocycles. The minimum atomic E-state index is -4.42. The average Bonchev–Trinajstić information content (AvgIpc) is 3.17. The molecule has 2 heterocycles. The number of aromatic nitrogens is 2. The molecule has 27 heavy (non-hydrogen) atoms. The third-order valence-corrected chi connectivity index (χ3v) is 5.10. The number of benzene rings is 1. The molecule has 0 spiro atoms. The van der Waals surface area contributed by atoms with E-state index < -0.39 is 11.7 Å². The van der Waals surface area contributed by atoms with Gasteiger partial charge >= 0.3 is 6.18 Å². The standard InChI is InChI=1S/C19H20F3N3OS/c1-12-10-14(13(2)25(12)8-9-26-3)17-11-27-18(24-17)23-16-7-5-4-6-15(16)19(20,21)22/h4-7,10-11H,8-9H2,1-3H3,(H,23,24). The summed E-state index contributed by atoms with van der Waals surface area (Å²) in [5.74, 6) is 0. The minimum Gasteiger partial charge on any atom is -0.383 e. The fraction of sp³-hybridized carbons (Fsp3) is 0.316. The van der Waals surface area contributed by atoms with E-state index in [0.29, 0.717) is 11.7 Å². The molecule has 0 radical (unpaired) electrons. The van der Waals surface area contributed by atoms with E-state index in [2.05, 4.69) is 14.9 Å². The number of rotatable bonds is 6. The normalized spacial score (nSPS) is 11.8. The van der Waals surface area contributed by atoms with Crippen LogP contribution in [0.2, 0.25) is 0 Å². The molecule has 0 unspecified atom stereocenters. The van der Waals surface area contributed by atoms with Crippen molar-refractivity contribution in [3.8, 4) is 11.3 Å². The van der Waals surface area contributed by atoms with Gasteiger partial charge in [-0.25, -0.2) is 4.98 Å². The largest absolute Gasteiger partial charge is 0.418 e. The maximum Gasteiger partial charge on any atom is 0.418 e. The number of halogens is 3. The fourth-order valence-electron chi connectivity index (χ4n) is 3.00. The molecular formula is C19H20F3N3OS. The third kappa shape index (κ3) is 4.17. The van der Waals surface area contributed by atoms with Crippen LogP contribution in [0.1, 0.15) is 17.0 Å². The first-order valence-corrected chi connectivity index (χ1v) is 9.24. The molecule has 8 heteroatoms. The Morgan fingerprint density at radius 1 is 1.22 bits per heavy atom. The SMILES string of the molecule is COCCn1c(C)cc(-c2csc(Nc3ccccc3C(F)(F)F)n2)c1C. The van der Waals surface area contributed by atoms with Crippen LogP contribution in [-0.4, -0.2) is 23.3 Å². The second-order valence-corrected chi connectivity index (χ2v) is 6.99. The molecule has 144 valence electrons. The van der Waals surface area contributed by atoms with Gasteiger partial charge in [0.05, 0.1) is 23.6 Å². The summed E-state index contributed by atoms with van der Waals surface area (Å²) >= 11 is 1.28. The highest BCUT2D eigenvalue weighted by atomic mass is 32.1. The molecule has 0 amide bonds. The molecular weight excluding hydrogens is 375 g/mol. The van der Waals surface area contributed by atoms with Gasteiger partial charge in [0.1, 0.15) is 0 Å². The van der Waals surface area contributed by atoms with E-state index in [0.717, 1.165) is 35.3 Å². The molecule has 1 N–H and O–H groups in total. The fourth-order valence-corrected chi connectivity index (χ4v) is 3.72. The van der Waals surface area contributed by atoms with Crippen molar-refractivity contribution in [3.63, 3.8) is 0 Å². The summed E-state index contributed by atoms with van der Waals surface area (Å²) < 4.78 is 46.7. The average molecular weight is 395 g/mol. The smallest absolute Gasteiger partial charge is 0.383 e. The Balaban J connectivity index is 1.87. The van der Waals surface area contributed by atoms with Gasteiger partial charge in [0.2, 0.25) is 0 Å². The molecule has 2 aromatic heterocycles. The highest BCUT2D eigenvalue weighted by Gasteiger charge is 2.33. The number of aryl methyl sites for hydroxylation is 1. The molecule has 0 aliphatic carbocycles. The summed E-state index contributed by atoms with van der Waals surface area (Å²) in [5, 5.41) is 5.07. The van der Waals surface area contributed by atoms with Crippen molar-refractivity contribution in [1.29, 1.82) is 0 Å². The number of para-hydroxylation sites is 1. The number of anilines is 2. The van der Waals surface area contributed by atoms with Crippen molar-refractivity contribution in [2.45, 2.75) is 26.6 Å². The lowest BCUT2D eigenvalue weighted by atomic mass is 10.1. The number of thiazole rings is 1. The van der Waals surface area contributed by atoms with Crippen LogP contribution in [0.5, 0.6) is 0 Å². The van der Waals surface area contributed by atoms with Gasteiger partial charge in [-0.05, 0) is 32.0 Å². The van der Waals surface area contributed by atoms with E-state index in [1.807, 2.05) is 25.3 Å². The van der Waals surface area contributed by atoms with Gasteiger partial charge in [0, 0.05) is 36.0 Å². The Bertz CT molecular complexity index is 931. The number of hydrogen-bond donors (Lipinski definition) is 1. The second-order valence-electron chi connectivity index (χ2n) is 6.14. The van der Waals surface area contributed by atoms with Crippen LogP contribution in [0.25, 0.3) is 11.3 Å². The highest BCUT2D eigenvalue weighted by molar-refractivity contribution is 7.14. The molecule has 0 aliphatic rings. The minimum absolute atomic E-state index is 0.00327. The predicted molar refractivity (Wildman–Crippen MR) is 102 cm³/mol. The van der Waals surface area contributed by atoms with Crippen molar-refractivity contribution in [2.24, 2.45) is 0 Å². The van der Waals surface area contributed by atoms with Crippen LogP contribution in [0.15, 0.2) is 35.7 Å². The molecule has 4 nitrogen and oxygen atoms in total. The van der Waals surface area contributed by atoms with Crippen molar-refractivity contribution < 1.29 is 17.9 Å².